The van der Waals surface area contributed by atoms with Crippen LogP contribution in [0.3, 0.4) is 0 Å². The lowest BCUT2D eigenvalue weighted by atomic mass is 10.1. The molecule has 0 aromatic heterocycles. The summed E-state index contributed by atoms with van der Waals surface area (Å²) in [5.41, 5.74) is 0.880. The number of methoxy groups -OCH3 is 1. The van der Waals surface area contributed by atoms with Gasteiger partial charge in [-0.1, -0.05) is 48.5 Å². The number of carbonyl (C=O) groups excluding carboxylic acids is 3. The van der Waals surface area contributed by atoms with Gasteiger partial charge in [0.15, 0.2) is 6.61 Å². The molecule has 3 aromatic carbocycles. The lowest BCUT2D eigenvalue weighted by molar-refractivity contribution is -0.132. The van der Waals surface area contributed by atoms with Gasteiger partial charge < -0.3 is 9.47 Å². The number of amides is 2. The molecule has 0 spiro atoms. The molecule has 34 heavy (non-hydrogen) atoms. The second-order valence-corrected chi connectivity index (χ2v) is 8.73. The Morgan fingerprint density at radius 2 is 1.56 bits per heavy atom. The first-order valence-corrected chi connectivity index (χ1v) is 11.6. The Hall–Kier alpha value is -4.18. The molecule has 10 heteroatoms. The van der Waals surface area contributed by atoms with Crippen molar-refractivity contribution in [3.8, 4) is 5.75 Å². The molecule has 0 atom stereocenters. The summed E-state index contributed by atoms with van der Waals surface area (Å²) in [7, 11) is -2.63. The van der Waals surface area contributed by atoms with Gasteiger partial charge in [-0.2, -0.15) is 0 Å². The van der Waals surface area contributed by atoms with Gasteiger partial charge in [-0.3, -0.25) is 19.6 Å². The number of rotatable bonds is 9. The van der Waals surface area contributed by atoms with Crippen molar-refractivity contribution in [2.24, 2.45) is 0 Å². The average Bonchev–Trinajstić information content (AvgIpc) is 2.83. The molecule has 0 unspecified atom stereocenters. The van der Waals surface area contributed by atoms with Gasteiger partial charge in [0.1, 0.15) is 5.75 Å². The Kier molecular flexibility index (Phi) is 7.99. The molecule has 0 aliphatic rings. The zero-order chi connectivity index (χ0) is 24.6. The van der Waals surface area contributed by atoms with Crippen LogP contribution in [0.25, 0.3) is 0 Å². The van der Waals surface area contributed by atoms with Gasteiger partial charge in [0.05, 0.1) is 29.7 Å². The van der Waals surface area contributed by atoms with E-state index in [1.807, 2.05) is 0 Å². The normalized spacial score (nSPS) is 10.7. The number of sulfonamides is 1. The van der Waals surface area contributed by atoms with Gasteiger partial charge in [-0.05, 0) is 35.9 Å². The molecule has 0 saturated carbocycles. The molecule has 0 aliphatic heterocycles. The first kappa shape index (κ1) is 24.5. The molecule has 0 aliphatic carbocycles. The zero-order valence-corrected chi connectivity index (χ0v) is 19.0. The van der Waals surface area contributed by atoms with E-state index in [0.29, 0.717) is 5.75 Å². The smallest absolute Gasteiger partial charge is 0.338 e. The van der Waals surface area contributed by atoms with Crippen LogP contribution in [0.1, 0.15) is 15.9 Å². The number of hydrogen-bond donors (Lipinski definition) is 2. The summed E-state index contributed by atoms with van der Waals surface area (Å²) < 4.78 is 38.0. The average molecular weight is 483 g/mol. The molecular weight excluding hydrogens is 460 g/mol. The van der Waals surface area contributed by atoms with E-state index >= 15 is 0 Å². The molecule has 9 nitrogen and oxygen atoms in total. The number of carbonyl (C=O) groups is 3. The van der Waals surface area contributed by atoms with Crippen molar-refractivity contribution in [3.63, 3.8) is 0 Å². The van der Waals surface area contributed by atoms with Crippen LogP contribution in [-0.2, 0) is 30.8 Å². The van der Waals surface area contributed by atoms with E-state index < -0.39 is 34.4 Å². The molecule has 0 fully saturated rings. The number of anilines is 1. The van der Waals surface area contributed by atoms with Crippen molar-refractivity contribution in [1.82, 2.24) is 5.32 Å². The van der Waals surface area contributed by atoms with Crippen molar-refractivity contribution in [2.75, 3.05) is 18.4 Å². The Labute approximate surface area is 196 Å². The van der Waals surface area contributed by atoms with E-state index in [4.69, 9.17) is 9.47 Å². The Morgan fingerprint density at radius 3 is 2.29 bits per heavy atom. The highest BCUT2D eigenvalue weighted by Gasteiger charge is 2.19. The van der Waals surface area contributed by atoms with E-state index in [1.165, 1.54) is 31.4 Å². The van der Waals surface area contributed by atoms with E-state index in [0.717, 1.165) is 11.6 Å². The van der Waals surface area contributed by atoms with Crippen molar-refractivity contribution in [1.29, 1.82) is 0 Å². The topological polar surface area (TPSA) is 128 Å². The van der Waals surface area contributed by atoms with Crippen LogP contribution < -0.4 is 14.8 Å². The molecule has 3 rings (SSSR count). The van der Waals surface area contributed by atoms with Gasteiger partial charge in [0.2, 0.25) is 5.91 Å². The number of para-hydroxylation sites is 2. The van der Waals surface area contributed by atoms with Crippen LogP contribution in [0.5, 0.6) is 5.75 Å². The fourth-order valence-electron chi connectivity index (χ4n) is 2.95. The third kappa shape index (κ3) is 6.66. The minimum Gasteiger partial charge on any atom is -0.495 e. The van der Waals surface area contributed by atoms with Crippen molar-refractivity contribution < 1.29 is 32.3 Å². The third-order valence-corrected chi connectivity index (χ3v) is 5.92. The monoisotopic (exact) mass is 482 g/mol. The van der Waals surface area contributed by atoms with E-state index in [1.54, 1.807) is 48.5 Å². The van der Waals surface area contributed by atoms with Gasteiger partial charge >= 0.3 is 5.97 Å². The highest BCUT2D eigenvalue weighted by molar-refractivity contribution is 7.92. The summed E-state index contributed by atoms with van der Waals surface area (Å²) in [6.07, 6.45) is -0.000366. The van der Waals surface area contributed by atoms with E-state index in [2.05, 4.69) is 10.0 Å². The molecule has 2 amide bonds. The Balaban J connectivity index is 1.59. The van der Waals surface area contributed by atoms with Gasteiger partial charge in [0, 0.05) is 0 Å². The third-order valence-electron chi connectivity index (χ3n) is 4.55. The number of nitrogens with one attached hydrogen (secondary N) is 2. The Bertz CT molecular complexity index is 1290. The van der Waals surface area contributed by atoms with Crippen molar-refractivity contribution in [3.05, 3.63) is 90.0 Å². The Morgan fingerprint density at radius 1 is 0.853 bits per heavy atom. The maximum atomic E-state index is 12.8. The largest absolute Gasteiger partial charge is 0.495 e. The first-order chi connectivity index (χ1) is 16.3. The summed E-state index contributed by atoms with van der Waals surface area (Å²) in [6.45, 7) is -0.699. The fourth-order valence-corrected chi connectivity index (χ4v) is 4.07. The summed E-state index contributed by atoms with van der Waals surface area (Å²) in [5.74, 6) is -1.92. The van der Waals surface area contributed by atoms with Crippen LogP contribution in [0, 0.1) is 0 Å². The van der Waals surface area contributed by atoms with Gasteiger partial charge in [0.25, 0.3) is 15.9 Å². The van der Waals surface area contributed by atoms with Crippen LogP contribution in [0.4, 0.5) is 5.69 Å². The van der Waals surface area contributed by atoms with Crippen LogP contribution >= 0.6 is 0 Å². The quantitative estimate of drug-likeness (QED) is 0.449. The fraction of sp³-hybridized carbons (Fsp3) is 0.125. The number of benzene rings is 3. The number of imide groups is 1. The molecule has 0 heterocycles. The first-order valence-electron chi connectivity index (χ1n) is 10.1. The maximum absolute atomic E-state index is 12.8. The number of hydrogen-bond acceptors (Lipinski definition) is 7. The SMILES string of the molecule is COc1ccccc1NS(=O)(=O)c1cccc(C(=O)OCC(=O)NC(=O)Cc2ccccc2)c1. The number of ether oxygens (including phenoxy) is 2. The predicted octanol–water partition coefficient (Wildman–Crippen LogP) is 2.54. The standard InChI is InChI=1S/C24H22N2O7S/c1-32-21-13-6-5-12-20(21)26-34(30,31)19-11-7-10-18(15-19)24(29)33-16-23(28)25-22(27)14-17-8-3-2-4-9-17/h2-13,15,26H,14,16H2,1H3,(H,25,27,28). The molecule has 176 valence electrons. The van der Waals surface area contributed by atoms with E-state index in [9.17, 15) is 22.8 Å². The van der Waals surface area contributed by atoms with Crippen molar-refractivity contribution in [2.45, 2.75) is 11.3 Å². The van der Waals surface area contributed by atoms with Crippen LogP contribution in [-0.4, -0.2) is 39.9 Å². The summed E-state index contributed by atoms with van der Waals surface area (Å²) >= 11 is 0. The maximum Gasteiger partial charge on any atom is 0.338 e. The number of esters is 1. The van der Waals surface area contributed by atoms with Crippen LogP contribution in [0.15, 0.2) is 83.8 Å². The lowest BCUT2D eigenvalue weighted by Crippen LogP contribution is -2.35. The highest BCUT2D eigenvalue weighted by atomic mass is 32.2. The predicted molar refractivity (Wildman–Crippen MR) is 124 cm³/mol. The van der Waals surface area contributed by atoms with Crippen molar-refractivity contribution >= 4 is 33.5 Å². The molecule has 0 saturated heterocycles. The van der Waals surface area contributed by atoms with Gasteiger partial charge in [-0.25, -0.2) is 13.2 Å². The summed E-state index contributed by atoms with van der Waals surface area (Å²) in [6, 6.07) is 20.5. The molecule has 2 N–H and O–H groups in total. The van der Waals surface area contributed by atoms with Gasteiger partial charge in [-0.15, -0.1) is 0 Å². The minimum atomic E-state index is -4.04. The minimum absolute atomic E-state index is 0.000366. The summed E-state index contributed by atoms with van der Waals surface area (Å²) in [4.78, 5) is 36.0. The molecule has 0 bridgehead atoms. The summed E-state index contributed by atoms with van der Waals surface area (Å²) in [5, 5.41) is 2.14. The van der Waals surface area contributed by atoms with Crippen LogP contribution in [0.2, 0.25) is 0 Å². The molecule has 0 radical (unpaired) electrons. The van der Waals surface area contributed by atoms with E-state index in [-0.39, 0.29) is 22.6 Å². The second kappa shape index (κ2) is 11.1. The molecule has 3 aromatic rings. The lowest BCUT2D eigenvalue weighted by Gasteiger charge is -2.12. The highest BCUT2D eigenvalue weighted by Crippen LogP contribution is 2.26. The second-order valence-electron chi connectivity index (χ2n) is 7.04. The molecular formula is C24H22N2O7S. The zero-order valence-electron chi connectivity index (χ0n) is 18.2.